The molecule has 7 nitrogen and oxygen atoms in total. The zero-order valence-electron chi connectivity index (χ0n) is 22.0. The first kappa shape index (κ1) is 25.4. The lowest BCUT2D eigenvalue weighted by molar-refractivity contribution is 0.0240. The second-order valence-electron chi connectivity index (χ2n) is 10.9. The zero-order chi connectivity index (χ0) is 26.4. The Balaban J connectivity index is 1.43. The number of piperazine rings is 1. The summed E-state index contributed by atoms with van der Waals surface area (Å²) in [4.78, 5) is 16.8. The fourth-order valence-corrected chi connectivity index (χ4v) is 7.05. The summed E-state index contributed by atoms with van der Waals surface area (Å²) in [7, 11) is -3.76. The molecule has 0 radical (unpaired) electrons. The molecule has 3 aromatic rings. The molecular formula is C29H35N3O4S. The lowest BCUT2D eigenvalue weighted by Crippen LogP contribution is -2.50. The molecule has 3 aromatic carbocycles. The highest BCUT2D eigenvalue weighted by Crippen LogP contribution is 2.40. The Morgan fingerprint density at radius 1 is 0.892 bits per heavy atom. The van der Waals surface area contributed by atoms with Gasteiger partial charge in [-0.1, -0.05) is 36.4 Å². The molecule has 1 atom stereocenters. The number of anilines is 2. The van der Waals surface area contributed by atoms with E-state index in [1.165, 1.54) is 0 Å². The summed E-state index contributed by atoms with van der Waals surface area (Å²) in [6.45, 7) is 10.1. The van der Waals surface area contributed by atoms with Crippen molar-refractivity contribution in [3.05, 3.63) is 66.2 Å². The number of ether oxygens (including phenoxy) is 1. The van der Waals surface area contributed by atoms with Gasteiger partial charge in [0.15, 0.2) is 0 Å². The van der Waals surface area contributed by atoms with Gasteiger partial charge in [-0.3, -0.25) is 4.31 Å². The van der Waals surface area contributed by atoms with Crippen LogP contribution in [0.25, 0.3) is 10.8 Å². The van der Waals surface area contributed by atoms with Gasteiger partial charge >= 0.3 is 6.09 Å². The lowest BCUT2D eigenvalue weighted by atomic mass is 9.96. The smallest absolute Gasteiger partial charge is 0.410 e. The standard InChI is InChI=1S/C29H35N3O4S/c1-21-12-15-25-26(30-16-18-31(19-17-30)28(33)36-29(2,3)4)10-7-11-27(25)32(21)37(34,35)24-14-13-22-8-5-6-9-23(22)20-24/h5-11,13-14,20-21H,12,15-19H2,1-4H3. The Kier molecular flexibility index (Phi) is 6.56. The summed E-state index contributed by atoms with van der Waals surface area (Å²) in [6.07, 6.45) is 1.26. The number of carbonyl (C=O) groups is 1. The minimum absolute atomic E-state index is 0.150. The van der Waals surface area contributed by atoms with E-state index in [2.05, 4.69) is 11.0 Å². The minimum Gasteiger partial charge on any atom is -0.444 e. The van der Waals surface area contributed by atoms with Crippen molar-refractivity contribution in [2.45, 2.75) is 57.1 Å². The fraction of sp³-hybridized carbons (Fsp3) is 0.414. The molecule has 2 aliphatic heterocycles. The van der Waals surface area contributed by atoms with Gasteiger partial charge in [0.25, 0.3) is 10.0 Å². The molecule has 0 bridgehead atoms. The Labute approximate surface area is 219 Å². The molecular weight excluding hydrogens is 486 g/mol. The average Bonchev–Trinajstić information content (AvgIpc) is 2.86. The second kappa shape index (κ2) is 9.56. The zero-order valence-corrected chi connectivity index (χ0v) is 22.8. The van der Waals surface area contributed by atoms with Crippen LogP contribution in [0.2, 0.25) is 0 Å². The van der Waals surface area contributed by atoms with E-state index in [1.54, 1.807) is 21.3 Å². The molecule has 5 rings (SSSR count). The van der Waals surface area contributed by atoms with Gasteiger partial charge in [-0.05, 0) is 81.1 Å². The van der Waals surface area contributed by atoms with Crippen LogP contribution in [0.1, 0.15) is 39.7 Å². The number of rotatable bonds is 3. The summed E-state index contributed by atoms with van der Waals surface area (Å²) in [5, 5.41) is 1.92. The number of carbonyl (C=O) groups excluding carboxylic acids is 1. The van der Waals surface area contributed by atoms with Gasteiger partial charge < -0.3 is 14.5 Å². The van der Waals surface area contributed by atoms with E-state index in [9.17, 15) is 13.2 Å². The molecule has 0 aliphatic carbocycles. The van der Waals surface area contributed by atoms with E-state index in [0.29, 0.717) is 31.1 Å². The topological polar surface area (TPSA) is 70.2 Å². The molecule has 0 aromatic heterocycles. The number of hydrogen-bond acceptors (Lipinski definition) is 5. The van der Waals surface area contributed by atoms with Crippen LogP contribution < -0.4 is 9.21 Å². The summed E-state index contributed by atoms with van der Waals surface area (Å²) in [5.74, 6) is 0. The predicted molar refractivity (Wildman–Crippen MR) is 148 cm³/mol. The average molecular weight is 522 g/mol. The van der Waals surface area contributed by atoms with Crippen LogP contribution in [0.4, 0.5) is 16.2 Å². The van der Waals surface area contributed by atoms with Gasteiger partial charge in [-0.25, -0.2) is 13.2 Å². The largest absolute Gasteiger partial charge is 0.444 e. The van der Waals surface area contributed by atoms with Crippen molar-refractivity contribution in [3.63, 3.8) is 0 Å². The van der Waals surface area contributed by atoms with E-state index in [1.807, 2.05) is 70.2 Å². The van der Waals surface area contributed by atoms with Gasteiger partial charge in [0.2, 0.25) is 0 Å². The Bertz CT molecular complexity index is 1420. The highest BCUT2D eigenvalue weighted by molar-refractivity contribution is 7.92. The van der Waals surface area contributed by atoms with E-state index in [-0.39, 0.29) is 12.1 Å². The Morgan fingerprint density at radius 3 is 2.27 bits per heavy atom. The third-order valence-corrected chi connectivity index (χ3v) is 9.05. The van der Waals surface area contributed by atoms with Gasteiger partial charge in [-0.2, -0.15) is 0 Å². The summed E-state index contributed by atoms with van der Waals surface area (Å²) in [5.41, 5.74) is 2.32. The third kappa shape index (κ3) is 4.99. The SMILES string of the molecule is CC1CCc2c(N3CCN(C(=O)OC(C)(C)C)CC3)cccc2N1S(=O)(=O)c1ccc2ccccc2c1. The molecule has 0 spiro atoms. The van der Waals surface area contributed by atoms with Crippen LogP contribution in [0.5, 0.6) is 0 Å². The van der Waals surface area contributed by atoms with Gasteiger partial charge in [-0.15, -0.1) is 0 Å². The van der Waals surface area contributed by atoms with Crippen LogP contribution >= 0.6 is 0 Å². The first-order valence-electron chi connectivity index (χ1n) is 12.9. The van der Waals surface area contributed by atoms with Crippen molar-refractivity contribution in [1.82, 2.24) is 4.90 Å². The number of nitrogens with zero attached hydrogens (tertiary/aromatic N) is 3. The van der Waals surface area contributed by atoms with Gasteiger partial charge in [0, 0.05) is 37.9 Å². The highest BCUT2D eigenvalue weighted by Gasteiger charge is 2.36. The van der Waals surface area contributed by atoms with Crippen molar-refractivity contribution in [2.75, 3.05) is 35.4 Å². The first-order valence-corrected chi connectivity index (χ1v) is 14.4. The summed E-state index contributed by atoms with van der Waals surface area (Å²) >= 11 is 0. The van der Waals surface area contributed by atoms with Gasteiger partial charge in [0.1, 0.15) is 5.60 Å². The number of benzene rings is 3. The number of sulfonamides is 1. The minimum atomic E-state index is -3.76. The lowest BCUT2D eigenvalue weighted by Gasteiger charge is -2.41. The second-order valence-corrected chi connectivity index (χ2v) is 12.7. The van der Waals surface area contributed by atoms with E-state index in [4.69, 9.17) is 4.74 Å². The predicted octanol–water partition coefficient (Wildman–Crippen LogP) is 5.43. The maximum absolute atomic E-state index is 14.0. The van der Waals surface area contributed by atoms with Crippen molar-refractivity contribution in [1.29, 1.82) is 0 Å². The highest BCUT2D eigenvalue weighted by atomic mass is 32.2. The molecule has 196 valence electrons. The normalized spacial score (nSPS) is 18.6. The van der Waals surface area contributed by atoms with Crippen LogP contribution in [-0.2, 0) is 21.2 Å². The third-order valence-electron chi connectivity index (χ3n) is 7.13. The fourth-order valence-electron chi connectivity index (χ4n) is 5.29. The summed E-state index contributed by atoms with van der Waals surface area (Å²) in [6, 6.07) is 18.9. The molecule has 1 unspecified atom stereocenters. The van der Waals surface area contributed by atoms with Crippen LogP contribution in [0.15, 0.2) is 65.6 Å². The molecule has 0 N–H and O–H groups in total. The Hall–Kier alpha value is -3.26. The number of fused-ring (bicyclic) bond motifs is 2. The van der Waals surface area contributed by atoms with E-state index < -0.39 is 15.6 Å². The number of hydrogen-bond donors (Lipinski definition) is 0. The molecule has 2 aliphatic rings. The number of amides is 1. The quantitative estimate of drug-likeness (QED) is 0.460. The van der Waals surface area contributed by atoms with Crippen LogP contribution in [0.3, 0.4) is 0 Å². The van der Waals surface area contributed by atoms with Crippen molar-refractivity contribution in [3.8, 4) is 0 Å². The molecule has 1 fully saturated rings. The molecule has 37 heavy (non-hydrogen) atoms. The maximum Gasteiger partial charge on any atom is 0.410 e. The summed E-state index contributed by atoms with van der Waals surface area (Å²) < 4.78 is 35.1. The molecule has 8 heteroatoms. The van der Waals surface area contributed by atoms with Crippen LogP contribution in [-0.4, -0.2) is 57.2 Å². The first-order chi connectivity index (χ1) is 17.5. The molecule has 1 amide bonds. The molecule has 1 saturated heterocycles. The van der Waals surface area contributed by atoms with E-state index in [0.717, 1.165) is 40.6 Å². The van der Waals surface area contributed by atoms with Crippen molar-refractivity contribution >= 4 is 38.3 Å². The van der Waals surface area contributed by atoms with Crippen LogP contribution in [0, 0.1) is 0 Å². The molecule has 2 heterocycles. The monoisotopic (exact) mass is 521 g/mol. The van der Waals surface area contributed by atoms with Gasteiger partial charge in [0.05, 0.1) is 10.6 Å². The molecule has 0 saturated carbocycles. The maximum atomic E-state index is 14.0. The van der Waals surface area contributed by atoms with E-state index >= 15 is 0 Å². The van der Waals surface area contributed by atoms with Crippen molar-refractivity contribution < 1.29 is 17.9 Å². The Morgan fingerprint density at radius 2 is 1.57 bits per heavy atom. The van der Waals surface area contributed by atoms with Crippen molar-refractivity contribution in [2.24, 2.45) is 0 Å².